The van der Waals surface area contributed by atoms with E-state index in [0.717, 1.165) is 37.4 Å². The molecule has 0 N–H and O–H groups in total. The number of carbonyl (C=O) groups is 1. The van der Waals surface area contributed by atoms with Crippen molar-refractivity contribution < 1.29 is 17.6 Å². The molecule has 0 unspecified atom stereocenters. The SMILES string of the molecule is Cc1nc(CN2CCN(C(=O)c3cccc(S(=O)(=O)N4CCCC4)c3)CC2)oc1C. The van der Waals surface area contributed by atoms with Gasteiger partial charge in [-0.15, -0.1) is 0 Å². The van der Waals surface area contributed by atoms with Crippen LogP contribution in [0.1, 0.15) is 40.5 Å². The topological polar surface area (TPSA) is 87.0 Å². The van der Waals surface area contributed by atoms with Crippen LogP contribution in [0.15, 0.2) is 33.6 Å². The maximum atomic E-state index is 13.0. The minimum Gasteiger partial charge on any atom is -0.444 e. The summed E-state index contributed by atoms with van der Waals surface area (Å²) in [5.74, 6) is 1.41. The monoisotopic (exact) mass is 432 g/mol. The predicted molar refractivity (Wildman–Crippen MR) is 112 cm³/mol. The fraction of sp³-hybridized carbons (Fsp3) is 0.524. The van der Waals surface area contributed by atoms with Gasteiger partial charge in [0, 0.05) is 44.8 Å². The predicted octanol–water partition coefficient (Wildman–Crippen LogP) is 2.03. The number of carbonyl (C=O) groups excluding carboxylic acids is 1. The van der Waals surface area contributed by atoms with E-state index in [1.807, 2.05) is 13.8 Å². The molecule has 0 atom stereocenters. The Labute approximate surface area is 177 Å². The fourth-order valence-corrected chi connectivity index (χ4v) is 5.52. The molecule has 2 saturated heterocycles. The Morgan fingerprint density at radius 3 is 2.40 bits per heavy atom. The van der Waals surface area contributed by atoms with Crippen LogP contribution >= 0.6 is 0 Å². The lowest BCUT2D eigenvalue weighted by molar-refractivity contribution is 0.0617. The number of hydrogen-bond donors (Lipinski definition) is 0. The third-order valence-electron chi connectivity index (χ3n) is 5.87. The Morgan fingerprint density at radius 2 is 1.77 bits per heavy atom. The third kappa shape index (κ3) is 4.28. The Hall–Kier alpha value is -2.23. The molecule has 0 aliphatic carbocycles. The van der Waals surface area contributed by atoms with Crippen LogP contribution in [0.25, 0.3) is 0 Å². The number of aryl methyl sites for hydroxylation is 2. The van der Waals surface area contributed by atoms with Gasteiger partial charge in [-0.05, 0) is 44.9 Å². The number of amides is 1. The van der Waals surface area contributed by atoms with Crippen molar-refractivity contribution in [2.24, 2.45) is 0 Å². The number of oxazole rings is 1. The largest absolute Gasteiger partial charge is 0.444 e. The number of sulfonamides is 1. The molecule has 1 aromatic heterocycles. The Kier molecular flexibility index (Phi) is 5.95. The van der Waals surface area contributed by atoms with Gasteiger partial charge < -0.3 is 9.32 Å². The van der Waals surface area contributed by atoms with Gasteiger partial charge in [0.2, 0.25) is 15.9 Å². The highest BCUT2D eigenvalue weighted by Crippen LogP contribution is 2.22. The average molecular weight is 433 g/mol. The van der Waals surface area contributed by atoms with Gasteiger partial charge in [-0.1, -0.05) is 6.07 Å². The molecule has 1 aromatic carbocycles. The normalized spacial score (nSPS) is 18.8. The van der Waals surface area contributed by atoms with Crippen LogP contribution in [0.5, 0.6) is 0 Å². The van der Waals surface area contributed by atoms with E-state index in [9.17, 15) is 13.2 Å². The molecule has 4 rings (SSSR count). The number of nitrogens with zero attached hydrogens (tertiary/aromatic N) is 4. The zero-order valence-electron chi connectivity index (χ0n) is 17.5. The first-order chi connectivity index (χ1) is 14.3. The summed E-state index contributed by atoms with van der Waals surface area (Å²) in [6.45, 7) is 8.16. The summed E-state index contributed by atoms with van der Waals surface area (Å²) < 4.78 is 32.8. The first-order valence-electron chi connectivity index (χ1n) is 10.4. The fourth-order valence-electron chi connectivity index (χ4n) is 3.96. The van der Waals surface area contributed by atoms with Gasteiger partial charge in [0.15, 0.2) is 0 Å². The minimum absolute atomic E-state index is 0.129. The van der Waals surface area contributed by atoms with E-state index in [1.54, 1.807) is 23.1 Å². The van der Waals surface area contributed by atoms with Crippen molar-refractivity contribution in [1.29, 1.82) is 0 Å². The van der Waals surface area contributed by atoms with E-state index in [2.05, 4.69) is 9.88 Å². The highest BCUT2D eigenvalue weighted by atomic mass is 32.2. The molecule has 2 fully saturated rings. The van der Waals surface area contributed by atoms with Gasteiger partial charge in [0.05, 0.1) is 17.1 Å². The van der Waals surface area contributed by atoms with E-state index in [-0.39, 0.29) is 10.8 Å². The van der Waals surface area contributed by atoms with E-state index >= 15 is 0 Å². The Morgan fingerprint density at radius 1 is 1.07 bits per heavy atom. The van der Waals surface area contributed by atoms with Crippen molar-refractivity contribution in [3.05, 3.63) is 47.2 Å². The molecule has 0 radical (unpaired) electrons. The zero-order valence-corrected chi connectivity index (χ0v) is 18.3. The van der Waals surface area contributed by atoms with Crippen molar-refractivity contribution >= 4 is 15.9 Å². The van der Waals surface area contributed by atoms with Crippen LogP contribution in [0.2, 0.25) is 0 Å². The summed E-state index contributed by atoms with van der Waals surface area (Å²) >= 11 is 0. The van der Waals surface area contributed by atoms with E-state index in [4.69, 9.17) is 4.42 Å². The van der Waals surface area contributed by atoms with Crippen LogP contribution in [0.3, 0.4) is 0 Å². The van der Waals surface area contributed by atoms with Crippen molar-refractivity contribution in [1.82, 2.24) is 19.1 Å². The zero-order chi connectivity index (χ0) is 21.3. The lowest BCUT2D eigenvalue weighted by Crippen LogP contribution is -2.48. The van der Waals surface area contributed by atoms with E-state index in [1.165, 1.54) is 10.4 Å². The molecule has 30 heavy (non-hydrogen) atoms. The summed E-state index contributed by atoms with van der Waals surface area (Å²) in [5.41, 5.74) is 1.32. The molecule has 0 spiro atoms. The van der Waals surface area contributed by atoms with Gasteiger partial charge in [0.1, 0.15) is 5.76 Å². The second-order valence-corrected chi connectivity index (χ2v) is 9.89. The maximum Gasteiger partial charge on any atom is 0.253 e. The molecule has 162 valence electrons. The molecule has 3 heterocycles. The van der Waals surface area contributed by atoms with Crippen LogP contribution < -0.4 is 0 Å². The van der Waals surface area contributed by atoms with Crippen molar-refractivity contribution in [3.8, 4) is 0 Å². The van der Waals surface area contributed by atoms with E-state index < -0.39 is 10.0 Å². The van der Waals surface area contributed by atoms with Crippen LogP contribution in [-0.2, 0) is 16.6 Å². The molecule has 2 aromatic rings. The maximum absolute atomic E-state index is 13.0. The average Bonchev–Trinajstić information content (AvgIpc) is 3.39. The molecule has 2 aliphatic heterocycles. The standard InChI is InChI=1S/C21H28N4O4S/c1-16-17(2)29-20(22-16)15-23-10-12-24(13-11-23)21(26)18-6-5-7-19(14-18)30(27,28)25-8-3-4-9-25/h5-7,14H,3-4,8-13,15H2,1-2H3. The molecule has 1 amide bonds. The summed E-state index contributed by atoms with van der Waals surface area (Å²) in [5, 5.41) is 0. The minimum atomic E-state index is -3.53. The highest BCUT2D eigenvalue weighted by Gasteiger charge is 2.29. The molecular weight excluding hydrogens is 404 g/mol. The summed E-state index contributed by atoms with van der Waals surface area (Å²) in [6, 6.07) is 6.43. The van der Waals surface area contributed by atoms with Gasteiger partial charge in [-0.25, -0.2) is 13.4 Å². The number of aromatic nitrogens is 1. The van der Waals surface area contributed by atoms with Crippen molar-refractivity contribution in [2.75, 3.05) is 39.3 Å². The van der Waals surface area contributed by atoms with Crippen molar-refractivity contribution in [3.63, 3.8) is 0 Å². The number of rotatable bonds is 5. The van der Waals surface area contributed by atoms with Crippen LogP contribution in [0.4, 0.5) is 0 Å². The third-order valence-corrected chi connectivity index (χ3v) is 7.77. The van der Waals surface area contributed by atoms with Gasteiger partial charge in [-0.3, -0.25) is 9.69 Å². The smallest absolute Gasteiger partial charge is 0.253 e. The summed E-state index contributed by atoms with van der Waals surface area (Å²) in [6.07, 6.45) is 1.77. The molecule has 8 nitrogen and oxygen atoms in total. The number of benzene rings is 1. The van der Waals surface area contributed by atoms with Gasteiger partial charge in [0.25, 0.3) is 5.91 Å². The van der Waals surface area contributed by atoms with Crippen molar-refractivity contribution in [2.45, 2.75) is 38.1 Å². The quantitative estimate of drug-likeness (QED) is 0.719. The Balaban J connectivity index is 1.39. The van der Waals surface area contributed by atoms with Gasteiger partial charge >= 0.3 is 0 Å². The Bertz CT molecular complexity index is 1000. The lowest BCUT2D eigenvalue weighted by Gasteiger charge is -2.34. The summed E-state index contributed by atoms with van der Waals surface area (Å²) in [7, 11) is -3.53. The number of hydrogen-bond acceptors (Lipinski definition) is 6. The van der Waals surface area contributed by atoms with E-state index in [0.29, 0.717) is 44.2 Å². The first kappa shape index (κ1) is 21.0. The highest BCUT2D eigenvalue weighted by molar-refractivity contribution is 7.89. The number of piperazine rings is 1. The molecule has 0 bridgehead atoms. The second-order valence-electron chi connectivity index (χ2n) is 7.96. The first-order valence-corrected chi connectivity index (χ1v) is 11.8. The molecule has 9 heteroatoms. The van der Waals surface area contributed by atoms with Crippen LogP contribution in [0, 0.1) is 13.8 Å². The summed E-state index contributed by atoms with van der Waals surface area (Å²) in [4.78, 5) is 21.6. The van der Waals surface area contributed by atoms with Crippen LogP contribution in [-0.4, -0.2) is 72.7 Å². The molecule has 2 aliphatic rings. The molecular formula is C21H28N4O4S. The van der Waals surface area contributed by atoms with Gasteiger partial charge in [-0.2, -0.15) is 4.31 Å². The molecule has 0 saturated carbocycles. The second kappa shape index (κ2) is 8.49. The lowest BCUT2D eigenvalue weighted by atomic mass is 10.2.